The van der Waals surface area contributed by atoms with Crippen molar-refractivity contribution in [3.05, 3.63) is 92.7 Å². The average Bonchev–Trinajstić information content (AvgIpc) is 2.91. The maximum atomic E-state index is 15.4. The molecule has 1 amide bonds. The van der Waals surface area contributed by atoms with Gasteiger partial charge in [-0.25, -0.2) is 32.7 Å². The Balaban J connectivity index is 2.03. The molecule has 3 rings (SSSR count). The van der Waals surface area contributed by atoms with E-state index in [-0.39, 0.29) is 17.9 Å². The smallest absolute Gasteiger partial charge is 0.300 e. The Morgan fingerprint density at radius 3 is 2.52 bits per heavy atom. The van der Waals surface area contributed by atoms with Crippen molar-refractivity contribution in [3.63, 3.8) is 0 Å². The number of hydrogen-bond donors (Lipinski definition) is 4. The average molecular weight is 693 g/mol. The van der Waals surface area contributed by atoms with Gasteiger partial charge in [0.05, 0.1) is 23.5 Å². The molecular formula is C25H24F4IN5O4S. The molecule has 40 heavy (non-hydrogen) atoms. The van der Waals surface area contributed by atoms with Crippen molar-refractivity contribution >= 4 is 55.9 Å². The molecule has 4 N–H and O–H groups in total. The van der Waals surface area contributed by atoms with Crippen LogP contribution in [0.15, 0.2) is 49.2 Å². The lowest BCUT2D eigenvalue weighted by molar-refractivity contribution is 0.0306. The Morgan fingerprint density at radius 1 is 1.10 bits per heavy atom. The highest BCUT2D eigenvalue weighted by molar-refractivity contribution is 14.1. The molecule has 15 heteroatoms. The van der Waals surface area contributed by atoms with Gasteiger partial charge in [0.2, 0.25) is 0 Å². The lowest BCUT2D eigenvalue weighted by Gasteiger charge is -2.17. The van der Waals surface area contributed by atoms with Gasteiger partial charge in [-0.3, -0.25) is 14.4 Å². The number of unbranched alkanes of at least 4 members (excludes halogenated alkanes) is 1. The van der Waals surface area contributed by atoms with E-state index >= 15 is 13.2 Å². The standard InChI is InChI=1S/C25H24F4IN5O4S/c1-3-4-5-10-39-34-25(36)17-12-15(11-14-8-9-32-24(21(14)28)35-40(37,38)31-2)20(27)22(29)23(17)33-19-7-6-16(30)13-18(19)26/h3,6-9,12-13,31,33H,1,4-5,10-11H2,2H3,(H,32,35)(H,34,36). The minimum Gasteiger partial charge on any atom is -0.350 e. The van der Waals surface area contributed by atoms with E-state index in [4.69, 9.17) is 4.84 Å². The first-order valence-electron chi connectivity index (χ1n) is 11.6. The number of nitrogens with zero attached hydrogens (tertiary/aromatic N) is 1. The zero-order valence-electron chi connectivity index (χ0n) is 21.0. The zero-order chi connectivity index (χ0) is 29.4. The van der Waals surface area contributed by atoms with Crippen molar-refractivity contribution in [2.45, 2.75) is 19.3 Å². The highest BCUT2D eigenvalue weighted by Gasteiger charge is 2.25. The first-order valence-corrected chi connectivity index (χ1v) is 14.1. The SMILES string of the molecule is C=CCCCONC(=O)c1cc(Cc2ccnc(NS(=O)(=O)NC)c2F)c(F)c(F)c1Nc1ccc(I)cc1F. The van der Waals surface area contributed by atoms with Gasteiger partial charge in [0, 0.05) is 23.2 Å². The number of hydroxylamine groups is 1. The van der Waals surface area contributed by atoms with Crippen LogP contribution in [0.1, 0.15) is 34.3 Å². The second kappa shape index (κ2) is 13.9. The van der Waals surface area contributed by atoms with Crippen LogP contribution in [-0.2, 0) is 21.5 Å². The second-order valence-electron chi connectivity index (χ2n) is 8.16. The summed E-state index contributed by atoms with van der Waals surface area (Å²) in [6.45, 7) is 3.67. The van der Waals surface area contributed by atoms with Gasteiger partial charge in [0.15, 0.2) is 23.3 Å². The molecule has 0 saturated heterocycles. The van der Waals surface area contributed by atoms with Gasteiger partial charge < -0.3 is 5.32 Å². The normalized spacial score (nSPS) is 11.2. The fraction of sp³-hybridized carbons (Fsp3) is 0.200. The third-order valence-corrected chi connectivity index (χ3v) is 7.06. The molecule has 9 nitrogen and oxygen atoms in total. The van der Waals surface area contributed by atoms with Crippen LogP contribution in [0.3, 0.4) is 0 Å². The van der Waals surface area contributed by atoms with Gasteiger partial charge in [-0.2, -0.15) is 8.42 Å². The summed E-state index contributed by atoms with van der Waals surface area (Å²) in [5.74, 6) is -6.54. The molecule has 0 fully saturated rings. The number of hydrogen-bond acceptors (Lipinski definition) is 6. The number of carbonyl (C=O) groups is 1. The third kappa shape index (κ3) is 7.89. The number of allylic oxidation sites excluding steroid dienone is 1. The summed E-state index contributed by atoms with van der Waals surface area (Å²) in [5.41, 5.74) is 0.0734. The van der Waals surface area contributed by atoms with E-state index in [1.807, 2.05) is 32.0 Å². The Morgan fingerprint density at radius 2 is 1.85 bits per heavy atom. The molecule has 214 valence electrons. The summed E-state index contributed by atoms with van der Waals surface area (Å²) in [5, 5.41) is 2.42. The van der Waals surface area contributed by atoms with E-state index in [1.54, 1.807) is 6.08 Å². The van der Waals surface area contributed by atoms with E-state index in [1.165, 1.54) is 12.1 Å². The van der Waals surface area contributed by atoms with Crippen molar-refractivity contribution in [3.8, 4) is 0 Å². The molecule has 0 radical (unpaired) electrons. The highest BCUT2D eigenvalue weighted by atomic mass is 127. The van der Waals surface area contributed by atoms with Crippen LogP contribution >= 0.6 is 22.6 Å². The number of anilines is 3. The number of nitrogens with one attached hydrogen (secondary N) is 4. The molecule has 0 unspecified atom stereocenters. The largest absolute Gasteiger partial charge is 0.350 e. The molecule has 0 aliphatic rings. The van der Waals surface area contributed by atoms with Crippen molar-refractivity contribution < 1.29 is 35.6 Å². The molecule has 0 saturated carbocycles. The van der Waals surface area contributed by atoms with E-state index in [0.29, 0.717) is 16.4 Å². The second-order valence-corrected chi connectivity index (χ2v) is 11.0. The van der Waals surface area contributed by atoms with Gasteiger partial charge in [-0.05, 0) is 76.9 Å². The minimum absolute atomic E-state index is 0.0936. The molecule has 0 aliphatic heterocycles. The maximum absolute atomic E-state index is 15.4. The predicted molar refractivity (Wildman–Crippen MR) is 150 cm³/mol. The van der Waals surface area contributed by atoms with Crippen LogP contribution in [0.5, 0.6) is 0 Å². The summed E-state index contributed by atoms with van der Waals surface area (Å²) in [6, 6.07) is 6.06. The number of carbonyl (C=O) groups excluding carboxylic acids is 1. The summed E-state index contributed by atoms with van der Waals surface area (Å²) in [6.07, 6.45) is 3.25. The summed E-state index contributed by atoms with van der Waals surface area (Å²) < 4.78 is 88.1. The molecular weight excluding hydrogens is 669 g/mol. The maximum Gasteiger partial charge on any atom is 0.300 e. The Bertz CT molecular complexity index is 1530. The topological polar surface area (TPSA) is 121 Å². The number of halogens is 5. The van der Waals surface area contributed by atoms with Gasteiger partial charge in [0.1, 0.15) is 5.82 Å². The number of amides is 1. The first-order chi connectivity index (χ1) is 19.0. The minimum atomic E-state index is -4.12. The van der Waals surface area contributed by atoms with Crippen LogP contribution in [0.4, 0.5) is 34.8 Å². The lowest BCUT2D eigenvalue weighted by atomic mass is 10.00. The van der Waals surface area contributed by atoms with E-state index in [2.05, 4.69) is 22.4 Å². The molecule has 1 heterocycles. The van der Waals surface area contributed by atoms with E-state index in [9.17, 15) is 17.6 Å². The Kier molecular flexibility index (Phi) is 10.8. The highest BCUT2D eigenvalue weighted by Crippen LogP contribution is 2.32. The van der Waals surface area contributed by atoms with E-state index < -0.39 is 68.4 Å². The number of benzene rings is 2. The first kappa shape index (κ1) is 31.3. The van der Waals surface area contributed by atoms with Gasteiger partial charge >= 0.3 is 0 Å². The van der Waals surface area contributed by atoms with Crippen LogP contribution in [-0.4, -0.2) is 33.0 Å². The molecule has 0 atom stereocenters. The van der Waals surface area contributed by atoms with Crippen molar-refractivity contribution in [1.29, 1.82) is 0 Å². The van der Waals surface area contributed by atoms with Crippen LogP contribution in [0, 0.1) is 26.8 Å². The zero-order valence-corrected chi connectivity index (χ0v) is 23.9. The molecule has 2 aromatic carbocycles. The van der Waals surface area contributed by atoms with E-state index in [0.717, 1.165) is 31.4 Å². The molecule has 0 bridgehead atoms. The number of pyridine rings is 1. The van der Waals surface area contributed by atoms with Crippen molar-refractivity contribution in [1.82, 2.24) is 15.2 Å². The molecule has 0 spiro atoms. The Labute approximate surface area is 241 Å². The van der Waals surface area contributed by atoms with Gasteiger partial charge in [-0.15, -0.1) is 6.58 Å². The number of rotatable bonds is 13. The van der Waals surface area contributed by atoms with Gasteiger partial charge in [-0.1, -0.05) is 6.08 Å². The molecule has 1 aromatic heterocycles. The van der Waals surface area contributed by atoms with Crippen LogP contribution in [0.25, 0.3) is 0 Å². The molecule has 3 aromatic rings. The fourth-order valence-electron chi connectivity index (χ4n) is 3.38. The van der Waals surface area contributed by atoms with Crippen LogP contribution in [0.2, 0.25) is 0 Å². The predicted octanol–water partition coefficient (Wildman–Crippen LogP) is 5.08. The third-order valence-electron chi connectivity index (χ3n) is 5.39. The van der Waals surface area contributed by atoms with Crippen molar-refractivity contribution in [2.24, 2.45) is 0 Å². The fourth-order valence-corrected chi connectivity index (χ4v) is 4.33. The quantitative estimate of drug-likeness (QED) is 0.0652. The summed E-state index contributed by atoms with van der Waals surface area (Å²) >= 11 is 1.87. The van der Waals surface area contributed by atoms with Crippen molar-refractivity contribution in [2.75, 3.05) is 23.7 Å². The van der Waals surface area contributed by atoms with Gasteiger partial charge in [0.25, 0.3) is 16.1 Å². The van der Waals surface area contributed by atoms with Crippen LogP contribution < -0.4 is 20.2 Å². The monoisotopic (exact) mass is 693 g/mol. The lowest BCUT2D eigenvalue weighted by Crippen LogP contribution is -2.27. The molecule has 0 aliphatic carbocycles. The number of aromatic nitrogens is 1. The summed E-state index contributed by atoms with van der Waals surface area (Å²) in [7, 11) is -3.03. The Hall–Kier alpha value is -3.28. The summed E-state index contributed by atoms with van der Waals surface area (Å²) in [4.78, 5) is 21.7.